The van der Waals surface area contributed by atoms with E-state index >= 15 is 0 Å². The fourth-order valence-electron chi connectivity index (χ4n) is 2.04. The third-order valence-corrected chi connectivity index (χ3v) is 3.11. The Balaban J connectivity index is 1.93. The molecule has 0 spiro atoms. The minimum absolute atomic E-state index is 0.136. The largest absolute Gasteiger partial charge is 0.393 e. The van der Waals surface area contributed by atoms with E-state index < -0.39 is 0 Å². The number of rotatable bonds is 2. The molecule has 2 N–H and O–H groups in total. The van der Waals surface area contributed by atoms with E-state index in [9.17, 15) is 5.11 Å². The first-order valence-corrected chi connectivity index (χ1v) is 5.78. The average molecular weight is 226 g/mol. The van der Waals surface area contributed by atoms with Gasteiger partial charge in [-0.2, -0.15) is 0 Å². The lowest BCUT2D eigenvalue weighted by atomic mass is 9.96. The highest BCUT2D eigenvalue weighted by Gasteiger charge is 2.19. The monoisotopic (exact) mass is 225 g/mol. The summed E-state index contributed by atoms with van der Waals surface area (Å²) >= 11 is 5.82. The van der Waals surface area contributed by atoms with Gasteiger partial charge >= 0.3 is 0 Å². The van der Waals surface area contributed by atoms with E-state index in [0.717, 1.165) is 30.8 Å². The van der Waals surface area contributed by atoms with Crippen molar-refractivity contribution in [1.82, 2.24) is 5.32 Å². The van der Waals surface area contributed by atoms with Crippen LogP contribution in [0.4, 0.5) is 0 Å². The second kappa shape index (κ2) is 4.97. The van der Waals surface area contributed by atoms with Crippen LogP contribution in [0.25, 0.3) is 0 Å². The summed E-state index contributed by atoms with van der Waals surface area (Å²) in [4.78, 5) is 0. The highest BCUT2D eigenvalue weighted by molar-refractivity contribution is 6.30. The molecular formula is C12H16ClNO. The summed E-state index contributed by atoms with van der Waals surface area (Å²) in [7, 11) is 0. The molecule has 0 bridgehead atoms. The highest BCUT2D eigenvalue weighted by Crippen LogP contribution is 2.15. The summed E-state index contributed by atoms with van der Waals surface area (Å²) in [5, 5.41) is 13.7. The van der Waals surface area contributed by atoms with Crippen LogP contribution in [-0.4, -0.2) is 23.8 Å². The van der Waals surface area contributed by atoms with E-state index in [2.05, 4.69) is 5.32 Å². The fourth-order valence-corrected chi connectivity index (χ4v) is 2.17. The third-order valence-electron chi connectivity index (χ3n) is 2.86. The van der Waals surface area contributed by atoms with Crippen LogP contribution in [0.2, 0.25) is 5.02 Å². The molecule has 0 radical (unpaired) electrons. The van der Waals surface area contributed by atoms with Crippen molar-refractivity contribution in [2.45, 2.75) is 31.4 Å². The quantitative estimate of drug-likeness (QED) is 0.807. The van der Waals surface area contributed by atoms with Gasteiger partial charge in [-0.3, -0.25) is 0 Å². The lowest BCUT2D eigenvalue weighted by Crippen LogP contribution is -2.41. The molecule has 1 aromatic rings. The topological polar surface area (TPSA) is 32.3 Å². The van der Waals surface area contributed by atoms with E-state index in [-0.39, 0.29) is 6.10 Å². The molecule has 1 saturated heterocycles. The second-order valence-corrected chi connectivity index (χ2v) is 4.60. The first-order valence-electron chi connectivity index (χ1n) is 5.40. The average Bonchev–Trinajstić information content (AvgIpc) is 2.22. The predicted octanol–water partition coefficient (Wildman–Crippen LogP) is 2.00. The Hall–Kier alpha value is -0.570. The van der Waals surface area contributed by atoms with E-state index in [4.69, 9.17) is 11.6 Å². The Morgan fingerprint density at radius 3 is 2.73 bits per heavy atom. The van der Waals surface area contributed by atoms with Gasteiger partial charge in [-0.25, -0.2) is 0 Å². The molecule has 2 unspecified atom stereocenters. The van der Waals surface area contributed by atoms with E-state index in [0.29, 0.717) is 6.04 Å². The Morgan fingerprint density at radius 1 is 1.33 bits per heavy atom. The molecule has 0 aliphatic carbocycles. The molecule has 3 heteroatoms. The molecule has 1 aliphatic rings. The summed E-state index contributed by atoms with van der Waals surface area (Å²) in [6.07, 6.45) is 2.55. The number of aliphatic hydroxyl groups is 1. The smallest absolute Gasteiger partial charge is 0.0567 e. The molecule has 2 rings (SSSR count). The van der Waals surface area contributed by atoms with Crippen molar-refractivity contribution in [2.24, 2.45) is 0 Å². The van der Waals surface area contributed by atoms with Gasteiger partial charge in [-0.05, 0) is 43.5 Å². The molecule has 0 amide bonds. The van der Waals surface area contributed by atoms with E-state index in [1.165, 1.54) is 5.56 Å². The fraction of sp³-hybridized carbons (Fsp3) is 0.500. The van der Waals surface area contributed by atoms with Gasteiger partial charge in [0, 0.05) is 11.1 Å². The van der Waals surface area contributed by atoms with Crippen LogP contribution >= 0.6 is 11.6 Å². The number of hydrogen-bond donors (Lipinski definition) is 2. The minimum Gasteiger partial charge on any atom is -0.393 e. The zero-order valence-electron chi connectivity index (χ0n) is 8.62. The molecule has 82 valence electrons. The van der Waals surface area contributed by atoms with Crippen molar-refractivity contribution < 1.29 is 5.11 Å². The molecule has 1 heterocycles. The van der Waals surface area contributed by atoms with Gasteiger partial charge < -0.3 is 10.4 Å². The lowest BCUT2D eigenvalue weighted by molar-refractivity contribution is 0.116. The summed E-state index contributed by atoms with van der Waals surface area (Å²) in [5.41, 5.74) is 1.27. The Labute approximate surface area is 95.3 Å². The van der Waals surface area contributed by atoms with E-state index in [1.54, 1.807) is 0 Å². The van der Waals surface area contributed by atoms with Gasteiger partial charge in [0.1, 0.15) is 0 Å². The zero-order chi connectivity index (χ0) is 10.7. The molecule has 1 aromatic carbocycles. The molecule has 1 aliphatic heterocycles. The molecule has 15 heavy (non-hydrogen) atoms. The molecule has 0 saturated carbocycles. The van der Waals surface area contributed by atoms with Crippen LogP contribution in [-0.2, 0) is 6.42 Å². The Bertz CT molecular complexity index is 312. The second-order valence-electron chi connectivity index (χ2n) is 4.16. The molecule has 2 atom stereocenters. The number of aliphatic hydroxyl groups excluding tert-OH is 1. The van der Waals surface area contributed by atoms with Gasteiger partial charge in [0.15, 0.2) is 0 Å². The number of piperidine rings is 1. The summed E-state index contributed by atoms with van der Waals surface area (Å²) in [6.45, 7) is 0.916. The van der Waals surface area contributed by atoms with Gasteiger partial charge in [-0.1, -0.05) is 23.7 Å². The summed E-state index contributed by atoms with van der Waals surface area (Å²) < 4.78 is 0. The van der Waals surface area contributed by atoms with Crippen LogP contribution in [0.5, 0.6) is 0 Å². The third kappa shape index (κ3) is 3.20. The van der Waals surface area contributed by atoms with Gasteiger partial charge in [-0.15, -0.1) is 0 Å². The maximum Gasteiger partial charge on any atom is 0.0567 e. The van der Waals surface area contributed by atoms with Crippen molar-refractivity contribution >= 4 is 11.6 Å². The first kappa shape index (κ1) is 10.9. The van der Waals surface area contributed by atoms with Crippen molar-refractivity contribution in [1.29, 1.82) is 0 Å². The van der Waals surface area contributed by atoms with Crippen LogP contribution in [0.15, 0.2) is 24.3 Å². The standard InChI is InChI=1S/C12H16ClNO/c13-10-3-1-9(2-4-10)7-11-8-12(15)5-6-14-11/h1-4,11-12,14-15H,5-8H2. The summed E-state index contributed by atoms with van der Waals surface area (Å²) in [5.74, 6) is 0. The normalized spacial score (nSPS) is 26.5. The molecular weight excluding hydrogens is 210 g/mol. The van der Waals surface area contributed by atoms with E-state index in [1.807, 2.05) is 24.3 Å². The molecule has 2 nitrogen and oxygen atoms in total. The van der Waals surface area contributed by atoms with Crippen molar-refractivity contribution in [3.05, 3.63) is 34.9 Å². The Kier molecular flexibility index (Phi) is 3.62. The van der Waals surface area contributed by atoms with Crippen LogP contribution in [0.1, 0.15) is 18.4 Å². The number of halogens is 1. The number of hydrogen-bond acceptors (Lipinski definition) is 2. The molecule has 0 aromatic heterocycles. The summed E-state index contributed by atoms with van der Waals surface area (Å²) in [6, 6.07) is 8.32. The SMILES string of the molecule is OC1CCNC(Cc2ccc(Cl)cc2)C1. The van der Waals surface area contributed by atoms with Crippen LogP contribution in [0, 0.1) is 0 Å². The van der Waals surface area contributed by atoms with Crippen molar-refractivity contribution in [2.75, 3.05) is 6.54 Å². The Morgan fingerprint density at radius 2 is 2.07 bits per heavy atom. The predicted molar refractivity (Wildman–Crippen MR) is 62.2 cm³/mol. The maximum absolute atomic E-state index is 9.54. The van der Waals surface area contributed by atoms with Gasteiger partial charge in [0.05, 0.1) is 6.10 Å². The lowest BCUT2D eigenvalue weighted by Gasteiger charge is -2.27. The highest BCUT2D eigenvalue weighted by atomic mass is 35.5. The maximum atomic E-state index is 9.54. The number of benzene rings is 1. The van der Waals surface area contributed by atoms with Gasteiger partial charge in [0.25, 0.3) is 0 Å². The minimum atomic E-state index is -0.136. The van der Waals surface area contributed by atoms with Crippen molar-refractivity contribution in [3.8, 4) is 0 Å². The molecule has 1 fully saturated rings. The first-order chi connectivity index (χ1) is 7.24. The van der Waals surface area contributed by atoms with Crippen molar-refractivity contribution in [3.63, 3.8) is 0 Å². The number of nitrogens with one attached hydrogen (secondary N) is 1. The zero-order valence-corrected chi connectivity index (χ0v) is 9.37. The van der Waals surface area contributed by atoms with Gasteiger partial charge in [0.2, 0.25) is 0 Å². The van der Waals surface area contributed by atoms with Crippen LogP contribution < -0.4 is 5.32 Å². The van der Waals surface area contributed by atoms with Crippen LogP contribution in [0.3, 0.4) is 0 Å².